The summed E-state index contributed by atoms with van der Waals surface area (Å²) < 4.78 is 11.2. The van der Waals surface area contributed by atoms with Crippen molar-refractivity contribution in [3.63, 3.8) is 0 Å². The second-order valence-corrected chi connectivity index (χ2v) is 5.31. The van der Waals surface area contributed by atoms with Crippen LogP contribution in [0.25, 0.3) is 0 Å². The molecular formula is C19H17N5O3. The van der Waals surface area contributed by atoms with E-state index < -0.39 is 0 Å². The van der Waals surface area contributed by atoms with Crippen LogP contribution in [-0.4, -0.2) is 26.7 Å². The summed E-state index contributed by atoms with van der Waals surface area (Å²) in [5, 5.41) is 12.1. The average Bonchev–Trinajstić information content (AvgIpc) is 2.68. The number of ether oxygens (including phenoxy) is 2. The third kappa shape index (κ3) is 5.07. The van der Waals surface area contributed by atoms with E-state index in [9.17, 15) is 0 Å². The van der Waals surface area contributed by atoms with Crippen LogP contribution in [0.15, 0.2) is 48.5 Å². The molecule has 0 saturated carbocycles. The van der Waals surface area contributed by atoms with Gasteiger partial charge in [0, 0.05) is 11.8 Å². The molecule has 1 heterocycles. The maximum atomic E-state index is 9.13. The first kappa shape index (κ1) is 18.0. The number of nitrogens with zero attached hydrogens (tertiary/aromatic N) is 3. The minimum Gasteiger partial charge on any atom is -0.481 e. The molecule has 8 nitrogen and oxygen atoms in total. The zero-order valence-corrected chi connectivity index (χ0v) is 14.3. The summed E-state index contributed by atoms with van der Waals surface area (Å²) >= 11 is 0. The number of nitrogen functional groups attached to an aromatic ring is 1. The molecule has 0 radical (unpaired) electrons. The molecule has 136 valence electrons. The predicted molar refractivity (Wildman–Crippen MR) is 101 cm³/mol. The van der Waals surface area contributed by atoms with Gasteiger partial charge in [0.1, 0.15) is 30.5 Å². The Morgan fingerprint density at radius 1 is 1.04 bits per heavy atom. The molecule has 3 aromatic rings. The summed E-state index contributed by atoms with van der Waals surface area (Å²) in [6.07, 6.45) is 5.19. The van der Waals surface area contributed by atoms with E-state index >= 15 is 0 Å². The van der Waals surface area contributed by atoms with E-state index in [1.54, 1.807) is 36.4 Å². The van der Waals surface area contributed by atoms with E-state index in [1.165, 1.54) is 0 Å². The van der Waals surface area contributed by atoms with Gasteiger partial charge in [-0.05, 0) is 36.4 Å². The average molecular weight is 363 g/mol. The molecule has 0 atom stereocenters. The van der Waals surface area contributed by atoms with E-state index in [0.717, 1.165) is 5.69 Å². The normalized spacial score (nSPS) is 10.1. The van der Waals surface area contributed by atoms with E-state index in [2.05, 4.69) is 26.2 Å². The molecule has 0 aliphatic carbocycles. The molecule has 8 heteroatoms. The highest BCUT2D eigenvalue weighted by Crippen LogP contribution is 2.26. The molecule has 1 aromatic heterocycles. The Balaban J connectivity index is 1.67. The molecule has 27 heavy (non-hydrogen) atoms. The van der Waals surface area contributed by atoms with Crippen molar-refractivity contribution >= 4 is 17.6 Å². The fourth-order valence-electron chi connectivity index (χ4n) is 2.19. The van der Waals surface area contributed by atoms with Gasteiger partial charge < -0.3 is 25.6 Å². The number of rotatable bonds is 7. The number of benzene rings is 2. The van der Waals surface area contributed by atoms with Crippen LogP contribution >= 0.6 is 0 Å². The van der Waals surface area contributed by atoms with Gasteiger partial charge in [0.2, 0.25) is 11.9 Å². The van der Waals surface area contributed by atoms with Crippen molar-refractivity contribution < 1.29 is 14.6 Å². The van der Waals surface area contributed by atoms with Gasteiger partial charge in [-0.25, -0.2) is 0 Å². The van der Waals surface area contributed by atoms with Gasteiger partial charge in [-0.3, -0.25) is 0 Å². The first-order chi connectivity index (χ1) is 13.2. The summed E-state index contributed by atoms with van der Waals surface area (Å²) in [7, 11) is 0. The monoisotopic (exact) mass is 363 g/mol. The maximum Gasteiger partial charge on any atom is 0.232 e. The summed E-state index contributed by atoms with van der Waals surface area (Å²) in [5.41, 5.74) is 6.31. The molecule has 2 aromatic carbocycles. The number of aromatic nitrogens is 3. The zero-order chi connectivity index (χ0) is 19.1. The molecule has 0 aliphatic heterocycles. The number of terminal acetylenes is 1. The van der Waals surface area contributed by atoms with Crippen LogP contribution in [0, 0.1) is 12.3 Å². The zero-order valence-electron chi connectivity index (χ0n) is 14.3. The first-order valence-electron chi connectivity index (χ1n) is 7.99. The number of hydrogen-bond donors (Lipinski definition) is 3. The lowest BCUT2D eigenvalue weighted by atomic mass is 10.3. The summed E-state index contributed by atoms with van der Waals surface area (Å²) in [4.78, 5) is 11.8. The van der Waals surface area contributed by atoms with Gasteiger partial charge in [-0.15, -0.1) is 6.42 Å². The summed E-state index contributed by atoms with van der Waals surface area (Å²) in [6, 6.07) is 14.4. The minimum absolute atomic E-state index is 0.0310. The van der Waals surface area contributed by atoms with Gasteiger partial charge in [0.05, 0.1) is 0 Å². The molecule has 0 spiro atoms. The lowest BCUT2D eigenvalue weighted by Gasteiger charge is -2.10. The second-order valence-electron chi connectivity index (χ2n) is 5.31. The smallest absolute Gasteiger partial charge is 0.232 e. The highest BCUT2D eigenvalue weighted by molar-refractivity contribution is 5.55. The minimum atomic E-state index is -0.321. The van der Waals surface area contributed by atoms with Crippen LogP contribution in [-0.2, 0) is 6.61 Å². The molecule has 0 amide bonds. The predicted octanol–water partition coefficient (Wildman–Crippen LogP) is 2.49. The van der Waals surface area contributed by atoms with Crippen molar-refractivity contribution in [2.24, 2.45) is 0 Å². The Morgan fingerprint density at radius 2 is 1.81 bits per heavy atom. The lowest BCUT2D eigenvalue weighted by molar-refractivity contribution is 0.271. The first-order valence-corrected chi connectivity index (χ1v) is 7.99. The van der Waals surface area contributed by atoms with Gasteiger partial charge in [0.15, 0.2) is 5.82 Å². The molecule has 0 bridgehead atoms. The van der Waals surface area contributed by atoms with E-state index in [4.69, 9.17) is 26.7 Å². The van der Waals surface area contributed by atoms with Crippen LogP contribution in [0.4, 0.5) is 17.6 Å². The van der Waals surface area contributed by atoms with Crippen molar-refractivity contribution in [3.8, 4) is 29.6 Å². The van der Waals surface area contributed by atoms with Crippen molar-refractivity contribution in [2.75, 3.05) is 17.7 Å². The number of nitrogens with one attached hydrogen (secondary N) is 1. The van der Waals surface area contributed by atoms with E-state index in [1.807, 2.05) is 12.1 Å². The van der Waals surface area contributed by atoms with Crippen LogP contribution in [0.3, 0.4) is 0 Å². The van der Waals surface area contributed by atoms with Gasteiger partial charge in [-0.1, -0.05) is 12.0 Å². The Bertz CT molecular complexity index is 954. The molecular weight excluding hydrogens is 346 g/mol. The van der Waals surface area contributed by atoms with Crippen LogP contribution in [0.1, 0.15) is 5.82 Å². The molecule has 4 N–H and O–H groups in total. The standard InChI is InChI=1S/C19H17N5O3/c1-2-10-26-15-4-3-5-16(11-15)27-14-8-6-13(7-9-14)21-19-23-17(12-25)22-18(20)24-19/h1,3-9,11,25H,10,12H2,(H3,20,21,22,23,24). The van der Waals surface area contributed by atoms with E-state index in [0.29, 0.717) is 17.2 Å². The number of aliphatic hydroxyl groups excluding tert-OH is 1. The van der Waals surface area contributed by atoms with E-state index in [-0.39, 0.29) is 30.9 Å². The quantitative estimate of drug-likeness (QED) is 0.548. The molecule has 0 fully saturated rings. The highest BCUT2D eigenvalue weighted by Gasteiger charge is 2.05. The second kappa shape index (κ2) is 8.51. The highest BCUT2D eigenvalue weighted by atomic mass is 16.5. The van der Waals surface area contributed by atoms with Crippen molar-refractivity contribution in [2.45, 2.75) is 6.61 Å². The Hall–Kier alpha value is -3.83. The Labute approximate surface area is 156 Å². The van der Waals surface area contributed by atoms with Gasteiger partial charge in [-0.2, -0.15) is 15.0 Å². The molecule has 3 rings (SSSR count). The third-order valence-corrected chi connectivity index (χ3v) is 3.31. The van der Waals surface area contributed by atoms with Crippen molar-refractivity contribution in [1.29, 1.82) is 0 Å². The number of nitrogens with two attached hydrogens (primary N) is 1. The van der Waals surface area contributed by atoms with Crippen molar-refractivity contribution in [3.05, 3.63) is 54.4 Å². The molecule has 0 unspecified atom stereocenters. The van der Waals surface area contributed by atoms with Crippen LogP contribution in [0.2, 0.25) is 0 Å². The summed E-state index contributed by atoms with van der Waals surface area (Å²) in [5.74, 6) is 4.79. The van der Waals surface area contributed by atoms with Crippen molar-refractivity contribution in [1.82, 2.24) is 15.0 Å². The fourth-order valence-corrected chi connectivity index (χ4v) is 2.19. The topological polar surface area (TPSA) is 115 Å². The fraction of sp³-hybridized carbons (Fsp3) is 0.105. The largest absolute Gasteiger partial charge is 0.481 e. The third-order valence-electron chi connectivity index (χ3n) is 3.31. The Morgan fingerprint density at radius 3 is 2.56 bits per heavy atom. The van der Waals surface area contributed by atoms with Gasteiger partial charge >= 0.3 is 0 Å². The molecule has 0 aliphatic rings. The van der Waals surface area contributed by atoms with Crippen LogP contribution in [0.5, 0.6) is 17.2 Å². The summed E-state index contributed by atoms with van der Waals surface area (Å²) in [6.45, 7) is -0.123. The molecule has 0 saturated heterocycles. The number of aliphatic hydroxyl groups is 1. The van der Waals surface area contributed by atoms with Gasteiger partial charge in [0.25, 0.3) is 0 Å². The Kier molecular flexibility index (Phi) is 5.67. The number of anilines is 3. The maximum absolute atomic E-state index is 9.13. The lowest BCUT2D eigenvalue weighted by Crippen LogP contribution is -2.07. The number of hydrogen-bond acceptors (Lipinski definition) is 8. The SMILES string of the molecule is C#CCOc1cccc(Oc2ccc(Nc3nc(N)nc(CO)n3)cc2)c1. The van der Waals surface area contributed by atoms with Crippen LogP contribution < -0.4 is 20.5 Å².